The van der Waals surface area contributed by atoms with Gasteiger partial charge < -0.3 is 10.2 Å². The van der Waals surface area contributed by atoms with Crippen LogP contribution >= 0.6 is 0 Å². The molecule has 0 radical (unpaired) electrons. The van der Waals surface area contributed by atoms with E-state index in [1.165, 1.54) is 12.8 Å². The van der Waals surface area contributed by atoms with Crippen molar-refractivity contribution in [2.75, 3.05) is 24.5 Å². The van der Waals surface area contributed by atoms with Gasteiger partial charge in [-0.15, -0.1) is 0 Å². The van der Waals surface area contributed by atoms with Gasteiger partial charge in [0.2, 0.25) is 0 Å². The zero-order valence-corrected chi connectivity index (χ0v) is 12.2. The van der Waals surface area contributed by atoms with Crippen LogP contribution < -0.4 is 10.2 Å². The summed E-state index contributed by atoms with van der Waals surface area (Å²) in [6.07, 6.45) is 2.42. The van der Waals surface area contributed by atoms with Crippen LogP contribution in [0.15, 0.2) is 24.3 Å². The number of hydrogen-bond donors (Lipinski definition) is 1. The van der Waals surface area contributed by atoms with Gasteiger partial charge in [0.15, 0.2) is 0 Å². The lowest BCUT2D eigenvalue weighted by Gasteiger charge is -2.36. The van der Waals surface area contributed by atoms with Crippen molar-refractivity contribution in [3.63, 3.8) is 0 Å². The van der Waals surface area contributed by atoms with Gasteiger partial charge in [-0.25, -0.2) is 4.39 Å². The highest BCUT2D eigenvalue weighted by Gasteiger charge is 2.21. The van der Waals surface area contributed by atoms with E-state index in [0.29, 0.717) is 11.5 Å². The molecule has 1 aromatic rings. The van der Waals surface area contributed by atoms with Crippen LogP contribution in [0.25, 0.3) is 0 Å². The van der Waals surface area contributed by atoms with E-state index in [-0.39, 0.29) is 5.82 Å². The van der Waals surface area contributed by atoms with Crippen LogP contribution in [0, 0.1) is 11.2 Å². The van der Waals surface area contributed by atoms with E-state index >= 15 is 0 Å². The van der Waals surface area contributed by atoms with Crippen LogP contribution in [-0.2, 0) is 0 Å². The molecular formula is C16H25FN2. The normalized spacial score (nSPS) is 20.6. The number of nitrogens with one attached hydrogen (secondary N) is 1. The molecule has 1 aromatic carbocycles. The predicted molar refractivity (Wildman–Crippen MR) is 79.1 cm³/mol. The third kappa shape index (κ3) is 4.50. The van der Waals surface area contributed by atoms with Gasteiger partial charge in [0, 0.05) is 31.4 Å². The molecule has 1 aliphatic heterocycles. The molecule has 1 aliphatic rings. The van der Waals surface area contributed by atoms with E-state index in [4.69, 9.17) is 0 Å². The molecule has 0 amide bonds. The van der Waals surface area contributed by atoms with Gasteiger partial charge in [-0.3, -0.25) is 0 Å². The molecule has 1 N–H and O–H groups in total. The van der Waals surface area contributed by atoms with Crippen LogP contribution in [-0.4, -0.2) is 25.7 Å². The molecule has 3 heteroatoms. The lowest BCUT2D eigenvalue weighted by molar-refractivity contribution is 0.328. The smallest absolute Gasteiger partial charge is 0.123 e. The summed E-state index contributed by atoms with van der Waals surface area (Å²) in [5.41, 5.74) is 1.45. The van der Waals surface area contributed by atoms with E-state index in [9.17, 15) is 4.39 Å². The maximum atomic E-state index is 13.0. The van der Waals surface area contributed by atoms with E-state index in [1.54, 1.807) is 12.1 Å². The second-order valence-electron chi connectivity index (χ2n) is 6.70. The fourth-order valence-corrected chi connectivity index (χ4v) is 2.48. The second-order valence-corrected chi connectivity index (χ2v) is 6.70. The Balaban J connectivity index is 1.91. The van der Waals surface area contributed by atoms with Gasteiger partial charge in [0.25, 0.3) is 0 Å². The summed E-state index contributed by atoms with van der Waals surface area (Å²) < 4.78 is 13.0. The molecule has 1 saturated heterocycles. The van der Waals surface area contributed by atoms with Crippen molar-refractivity contribution in [1.29, 1.82) is 0 Å². The van der Waals surface area contributed by atoms with Crippen molar-refractivity contribution in [1.82, 2.24) is 5.32 Å². The molecule has 1 unspecified atom stereocenters. The lowest BCUT2D eigenvalue weighted by Crippen LogP contribution is -2.47. The molecular weight excluding hydrogens is 239 g/mol. The Labute approximate surface area is 116 Å². The van der Waals surface area contributed by atoms with Gasteiger partial charge in [-0.05, 0) is 42.5 Å². The van der Waals surface area contributed by atoms with Gasteiger partial charge in [0.05, 0.1) is 0 Å². The largest absolute Gasteiger partial charge is 0.370 e. The minimum absolute atomic E-state index is 0.164. The number of nitrogens with zero attached hydrogens (tertiary/aromatic N) is 1. The molecule has 0 saturated carbocycles. The molecule has 1 heterocycles. The number of rotatable bonds is 3. The fraction of sp³-hybridized carbons (Fsp3) is 0.625. The minimum atomic E-state index is -0.164. The van der Waals surface area contributed by atoms with Crippen LogP contribution in [0.3, 0.4) is 0 Å². The molecule has 19 heavy (non-hydrogen) atoms. The molecule has 2 rings (SSSR count). The minimum Gasteiger partial charge on any atom is -0.370 e. The summed E-state index contributed by atoms with van der Waals surface area (Å²) in [5.74, 6) is -0.164. The summed E-state index contributed by atoms with van der Waals surface area (Å²) in [4.78, 5) is 2.35. The Hall–Kier alpha value is -1.09. The SMILES string of the molecule is CC(C)(C)CNC1CCCN(c2ccc(F)cc2)C1. The van der Waals surface area contributed by atoms with Crippen molar-refractivity contribution in [3.8, 4) is 0 Å². The molecule has 0 aromatic heterocycles. The summed E-state index contributed by atoms with van der Waals surface area (Å²) in [6, 6.07) is 7.38. The van der Waals surface area contributed by atoms with Crippen molar-refractivity contribution in [3.05, 3.63) is 30.1 Å². The van der Waals surface area contributed by atoms with Crippen LogP contribution in [0.5, 0.6) is 0 Å². The van der Waals surface area contributed by atoms with Gasteiger partial charge in [0.1, 0.15) is 5.82 Å². The summed E-state index contributed by atoms with van der Waals surface area (Å²) in [6.45, 7) is 9.87. The average molecular weight is 264 g/mol. The first-order chi connectivity index (χ1) is 8.94. The topological polar surface area (TPSA) is 15.3 Å². The number of piperidine rings is 1. The molecule has 0 bridgehead atoms. The van der Waals surface area contributed by atoms with Crippen LogP contribution in [0.2, 0.25) is 0 Å². The lowest BCUT2D eigenvalue weighted by atomic mass is 9.95. The highest BCUT2D eigenvalue weighted by atomic mass is 19.1. The molecule has 1 atom stereocenters. The zero-order chi connectivity index (χ0) is 13.9. The first-order valence-electron chi connectivity index (χ1n) is 7.18. The van der Waals surface area contributed by atoms with Crippen molar-refractivity contribution in [2.24, 2.45) is 5.41 Å². The van der Waals surface area contributed by atoms with E-state index in [2.05, 4.69) is 31.0 Å². The Morgan fingerprint density at radius 3 is 2.58 bits per heavy atom. The highest BCUT2D eigenvalue weighted by molar-refractivity contribution is 5.46. The number of benzene rings is 1. The monoisotopic (exact) mass is 264 g/mol. The third-order valence-corrected chi connectivity index (χ3v) is 3.53. The number of anilines is 1. The first-order valence-corrected chi connectivity index (χ1v) is 7.18. The maximum Gasteiger partial charge on any atom is 0.123 e. The van der Waals surface area contributed by atoms with Crippen molar-refractivity contribution >= 4 is 5.69 Å². The third-order valence-electron chi connectivity index (χ3n) is 3.53. The van der Waals surface area contributed by atoms with Gasteiger partial charge in [-0.1, -0.05) is 20.8 Å². The fourth-order valence-electron chi connectivity index (χ4n) is 2.48. The maximum absolute atomic E-state index is 13.0. The Kier molecular flexibility index (Phi) is 4.46. The van der Waals surface area contributed by atoms with Crippen molar-refractivity contribution in [2.45, 2.75) is 39.7 Å². The summed E-state index contributed by atoms with van der Waals surface area (Å²) in [7, 11) is 0. The van der Waals surface area contributed by atoms with E-state index in [1.807, 2.05) is 12.1 Å². The van der Waals surface area contributed by atoms with Crippen molar-refractivity contribution < 1.29 is 4.39 Å². The molecule has 2 nitrogen and oxygen atoms in total. The quantitative estimate of drug-likeness (QED) is 0.900. The van der Waals surface area contributed by atoms with E-state index in [0.717, 1.165) is 25.3 Å². The standard InChI is InChI=1S/C16H25FN2/c1-16(2,3)12-18-14-5-4-10-19(11-14)15-8-6-13(17)7-9-15/h6-9,14,18H,4-5,10-12H2,1-3H3. The summed E-state index contributed by atoms with van der Waals surface area (Å²) >= 11 is 0. The number of hydrogen-bond acceptors (Lipinski definition) is 2. The molecule has 1 fully saturated rings. The molecule has 0 spiro atoms. The average Bonchev–Trinajstić information content (AvgIpc) is 2.37. The predicted octanol–water partition coefficient (Wildman–Crippen LogP) is 3.43. The molecule has 106 valence electrons. The Morgan fingerprint density at radius 2 is 1.95 bits per heavy atom. The second kappa shape index (κ2) is 5.91. The van der Waals surface area contributed by atoms with Crippen LogP contribution in [0.1, 0.15) is 33.6 Å². The first kappa shape index (κ1) is 14.3. The Bertz CT molecular complexity index is 394. The van der Waals surface area contributed by atoms with Crippen LogP contribution in [0.4, 0.5) is 10.1 Å². The summed E-state index contributed by atoms with van der Waals surface area (Å²) in [5, 5.41) is 3.66. The van der Waals surface area contributed by atoms with E-state index < -0.39 is 0 Å². The Morgan fingerprint density at radius 1 is 1.26 bits per heavy atom. The van der Waals surface area contributed by atoms with Gasteiger partial charge >= 0.3 is 0 Å². The zero-order valence-electron chi connectivity index (χ0n) is 12.2. The highest BCUT2D eigenvalue weighted by Crippen LogP contribution is 2.21. The van der Waals surface area contributed by atoms with Gasteiger partial charge in [-0.2, -0.15) is 0 Å². The molecule has 0 aliphatic carbocycles. The number of halogens is 1.